The van der Waals surface area contributed by atoms with E-state index < -0.39 is 11.6 Å². The van der Waals surface area contributed by atoms with Crippen LogP contribution in [-0.2, 0) is 18.3 Å². The Morgan fingerprint density at radius 2 is 2.03 bits per heavy atom. The van der Waals surface area contributed by atoms with Gasteiger partial charge in [0, 0.05) is 28.7 Å². The molecule has 0 spiro atoms. The molecule has 1 saturated carbocycles. The molecule has 3 aromatic rings. The van der Waals surface area contributed by atoms with Crippen LogP contribution in [0.3, 0.4) is 0 Å². The molecule has 0 radical (unpaired) electrons. The molecule has 0 unspecified atom stereocenters. The molecule has 1 fully saturated rings. The van der Waals surface area contributed by atoms with E-state index in [1.54, 1.807) is 17.9 Å². The van der Waals surface area contributed by atoms with E-state index in [0.717, 1.165) is 48.7 Å². The highest BCUT2D eigenvalue weighted by atomic mass is 19.1. The molecule has 1 atom stereocenters. The summed E-state index contributed by atoms with van der Waals surface area (Å²) in [5.41, 5.74) is 2.83. The number of aryl methyl sites for hydroxylation is 1. The van der Waals surface area contributed by atoms with Crippen LogP contribution in [0.2, 0.25) is 0 Å². The highest BCUT2D eigenvalue weighted by molar-refractivity contribution is 5.99. The van der Waals surface area contributed by atoms with Gasteiger partial charge in [0.15, 0.2) is 17.8 Å². The van der Waals surface area contributed by atoms with Crippen LogP contribution in [0.25, 0.3) is 11.3 Å². The minimum atomic E-state index is -0.660. The van der Waals surface area contributed by atoms with Crippen LogP contribution < -0.4 is 14.3 Å². The van der Waals surface area contributed by atoms with Crippen LogP contribution in [0.15, 0.2) is 36.5 Å². The van der Waals surface area contributed by atoms with Crippen molar-refractivity contribution in [2.45, 2.75) is 38.6 Å². The number of anilines is 1. The van der Waals surface area contributed by atoms with Gasteiger partial charge in [0.2, 0.25) is 5.91 Å². The molecule has 1 amide bonds. The van der Waals surface area contributed by atoms with Crippen molar-refractivity contribution in [3.05, 3.63) is 53.7 Å². The predicted molar refractivity (Wildman–Crippen MR) is 110 cm³/mol. The second-order valence-electron chi connectivity index (χ2n) is 8.32. The number of benzene rings is 2. The number of H-pyrrole nitrogens is 1. The van der Waals surface area contributed by atoms with Gasteiger partial charge in [-0.1, -0.05) is 5.21 Å². The normalized spacial score (nSPS) is 18.1. The van der Waals surface area contributed by atoms with Crippen LogP contribution in [0, 0.1) is 17.6 Å². The number of rotatable bonds is 4. The number of hydrogen-bond acceptors (Lipinski definition) is 3. The van der Waals surface area contributed by atoms with Crippen molar-refractivity contribution in [1.82, 2.24) is 10.3 Å². The molecule has 8 heteroatoms. The highest BCUT2D eigenvalue weighted by Gasteiger charge is 2.39. The maximum absolute atomic E-state index is 14.4. The second-order valence-corrected chi connectivity index (χ2v) is 8.32. The molecular formula is C23H23F2N4O2+. The molecule has 1 aromatic heterocycles. The van der Waals surface area contributed by atoms with Gasteiger partial charge in [0.1, 0.15) is 18.6 Å². The van der Waals surface area contributed by atoms with Crippen molar-refractivity contribution in [1.29, 1.82) is 0 Å². The van der Waals surface area contributed by atoms with E-state index in [4.69, 9.17) is 4.74 Å². The summed E-state index contributed by atoms with van der Waals surface area (Å²) in [6, 6.07) is 6.92. The molecule has 2 aliphatic rings. The number of aromatic nitrogens is 3. The monoisotopic (exact) mass is 425 g/mol. The summed E-state index contributed by atoms with van der Waals surface area (Å²) in [5, 5.41) is 7.12. The summed E-state index contributed by atoms with van der Waals surface area (Å²) < 4.78 is 35.9. The van der Waals surface area contributed by atoms with E-state index in [9.17, 15) is 13.6 Å². The van der Waals surface area contributed by atoms with Crippen LogP contribution in [0.1, 0.15) is 31.7 Å². The first-order valence-corrected chi connectivity index (χ1v) is 10.5. The van der Waals surface area contributed by atoms with Crippen LogP contribution >= 0.6 is 0 Å². The van der Waals surface area contributed by atoms with E-state index in [1.165, 1.54) is 0 Å². The third-order valence-corrected chi connectivity index (χ3v) is 5.94. The van der Waals surface area contributed by atoms with Crippen molar-refractivity contribution >= 4 is 11.6 Å². The van der Waals surface area contributed by atoms with Crippen molar-refractivity contribution in [2.24, 2.45) is 13.0 Å². The van der Waals surface area contributed by atoms with Crippen LogP contribution in [0.4, 0.5) is 14.5 Å². The molecule has 1 aliphatic heterocycles. The lowest BCUT2D eigenvalue weighted by Gasteiger charge is -2.36. The van der Waals surface area contributed by atoms with E-state index in [1.807, 2.05) is 24.0 Å². The van der Waals surface area contributed by atoms with Crippen molar-refractivity contribution in [3.63, 3.8) is 0 Å². The molecule has 2 aromatic carbocycles. The predicted octanol–water partition coefficient (Wildman–Crippen LogP) is 4.05. The molecule has 1 N–H and O–H groups in total. The molecule has 31 heavy (non-hydrogen) atoms. The van der Waals surface area contributed by atoms with Crippen molar-refractivity contribution in [3.8, 4) is 22.8 Å². The lowest BCUT2D eigenvalue weighted by atomic mass is 9.92. The minimum absolute atomic E-state index is 0.0633. The van der Waals surface area contributed by atoms with E-state index in [0.29, 0.717) is 23.4 Å². The first-order chi connectivity index (χ1) is 14.9. The highest BCUT2D eigenvalue weighted by Crippen LogP contribution is 2.46. The summed E-state index contributed by atoms with van der Waals surface area (Å²) in [7, 11) is 1.80. The van der Waals surface area contributed by atoms with E-state index >= 15 is 0 Å². The summed E-state index contributed by atoms with van der Waals surface area (Å²) in [5.74, 6) is -0.859. The van der Waals surface area contributed by atoms with Gasteiger partial charge >= 0.3 is 0 Å². The third kappa shape index (κ3) is 3.56. The standard InChI is InChI=1S/C23H22F2N4O2/c1-13-3-7-17-20(29(13)23(30)14-4-5-14)10-8-16(19-12-28(2)27-26-19)22(17)31-21-11-15(24)6-9-18(21)25/h6,8-14H,3-5,7H2,1-2H3/p+1/t13-/m0/s1. The Kier molecular flexibility index (Phi) is 4.72. The average molecular weight is 425 g/mol. The van der Waals surface area contributed by atoms with Gasteiger partial charge in [-0.2, -0.15) is 4.68 Å². The largest absolute Gasteiger partial charge is 0.453 e. The first-order valence-electron chi connectivity index (χ1n) is 10.5. The summed E-state index contributed by atoms with van der Waals surface area (Å²) >= 11 is 0. The molecule has 6 nitrogen and oxygen atoms in total. The Morgan fingerprint density at radius 3 is 2.74 bits per heavy atom. The minimum Gasteiger partial charge on any atom is -0.453 e. The SMILES string of the molecule is C[C@H]1CCc2c(ccc(-c3c[n+](C)[nH]n3)c2Oc2cc(F)ccc2F)N1C(=O)C1CC1. The van der Waals surface area contributed by atoms with Gasteiger partial charge in [-0.05, 0) is 56.9 Å². The van der Waals surface area contributed by atoms with Gasteiger partial charge in [0.25, 0.3) is 5.69 Å². The maximum atomic E-state index is 14.4. The zero-order valence-corrected chi connectivity index (χ0v) is 17.4. The van der Waals surface area contributed by atoms with Crippen LogP contribution in [-0.4, -0.2) is 22.3 Å². The fourth-order valence-corrected chi connectivity index (χ4v) is 4.15. The summed E-state index contributed by atoms with van der Waals surface area (Å²) in [6.45, 7) is 2.04. The van der Waals surface area contributed by atoms with E-state index in [-0.39, 0.29) is 23.6 Å². The number of hydrogen-bond donors (Lipinski definition) is 1. The number of fused-ring (bicyclic) bond motifs is 1. The zero-order valence-electron chi connectivity index (χ0n) is 17.4. The average Bonchev–Trinajstić information content (AvgIpc) is 3.51. The second kappa shape index (κ2) is 7.44. The third-order valence-electron chi connectivity index (χ3n) is 5.94. The molecule has 0 saturated heterocycles. The quantitative estimate of drug-likeness (QED) is 0.642. The van der Waals surface area contributed by atoms with Gasteiger partial charge < -0.3 is 9.64 Å². The van der Waals surface area contributed by atoms with Crippen molar-refractivity contribution < 1.29 is 23.0 Å². The fourth-order valence-electron chi connectivity index (χ4n) is 4.15. The van der Waals surface area contributed by atoms with Crippen LogP contribution in [0.5, 0.6) is 11.5 Å². The van der Waals surface area contributed by atoms with Gasteiger partial charge in [-0.3, -0.25) is 4.79 Å². The summed E-state index contributed by atoms with van der Waals surface area (Å²) in [4.78, 5) is 14.9. The Morgan fingerprint density at radius 1 is 1.23 bits per heavy atom. The van der Waals surface area contributed by atoms with Crippen molar-refractivity contribution in [2.75, 3.05) is 4.90 Å². The number of halogens is 2. The Balaban J connectivity index is 1.67. The smallest absolute Gasteiger partial charge is 0.252 e. The molecule has 0 bridgehead atoms. The van der Waals surface area contributed by atoms with Gasteiger partial charge in [-0.25, -0.2) is 8.78 Å². The number of nitrogens with zero attached hydrogens (tertiary/aromatic N) is 3. The Bertz CT molecular complexity index is 1170. The molecule has 5 rings (SSSR count). The topological polar surface area (TPSA) is 62.1 Å². The number of carbonyl (C=O) groups excluding carboxylic acids is 1. The lowest BCUT2D eigenvalue weighted by Crippen LogP contribution is -2.43. The number of aromatic amines is 1. The molecule has 160 valence electrons. The lowest BCUT2D eigenvalue weighted by molar-refractivity contribution is -0.730. The number of ether oxygens (including phenoxy) is 1. The molecule has 1 aliphatic carbocycles. The number of carbonyl (C=O) groups is 1. The first kappa shape index (κ1) is 19.7. The van der Waals surface area contributed by atoms with Gasteiger partial charge in [0.05, 0.1) is 11.3 Å². The Hall–Kier alpha value is -3.29. The fraction of sp³-hybridized carbons (Fsp3) is 0.348. The molecular weight excluding hydrogens is 402 g/mol. The summed E-state index contributed by atoms with van der Waals surface area (Å²) in [6.07, 6.45) is 5.02. The zero-order chi connectivity index (χ0) is 21.7. The number of nitrogens with one attached hydrogen (secondary N) is 1. The molecule has 2 heterocycles. The van der Waals surface area contributed by atoms with E-state index in [2.05, 4.69) is 10.3 Å². The van der Waals surface area contributed by atoms with Gasteiger partial charge in [-0.15, -0.1) is 0 Å². The number of amides is 1. The Labute approximate surface area is 178 Å². The maximum Gasteiger partial charge on any atom is 0.252 e.